The largest absolute Gasteiger partial charge is 0.417 e. The monoisotopic (exact) mass is 266 g/mol. The van der Waals surface area contributed by atoms with Gasteiger partial charge in [0.05, 0.1) is 0 Å². The zero-order valence-corrected chi connectivity index (χ0v) is 13.9. The van der Waals surface area contributed by atoms with E-state index in [9.17, 15) is 0 Å². The summed E-state index contributed by atoms with van der Waals surface area (Å²) in [6.45, 7) is 11.7. The van der Waals surface area contributed by atoms with Gasteiger partial charge in [0.1, 0.15) is 0 Å². The van der Waals surface area contributed by atoms with Crippen molar-refractivity contribution in [1.29, 1.82) is 0 Å². The summed E-state index contributed by atoms with van der Waals surface area (Å²) in [5, 5.41) is 0. The first-order valence-corrected chi connectivity index (χ1v) is 9.61. The minimum Gasteiger partial charge on any atom is -0.417 e. The zero-order valence-electron chi connectivity index (χ0n) is 12.7. The molecule has 2 aliphatic rings. The summed E-state index contributed by atoms with van der Waals surface area (Å²) >= 11 is 0. The van der Waals surface area contributed by atoms with Crippen molar-refractivity contribution in [3.63, 3.8) is 0 Å². The van der Waals surface area contributed by atoms with E-state index in [1.807, 2.05) is 0 Å². The SMILES string of the molecule is CC(CC1CC2C=CC1C2)O[SiH](C(C)C)C(C)C. The molecule has 1 fully saturated rings. The van der Waals surface area contributed by atoms with Crippen LogP contribution in [0.5, 0.6) is 0 Å². The van der Waals surface area contributed by atoms with E-state index in [0.717, 1.165) is 28.8 Å². The van der Waals surface area contributed by atoms with Gasteiger partial charge in [0.15, 0.2) is 9.04 Å². The van der Waals surface area contributed by atoms with Crippen molar-refractivity contribution >= 4 is 9.04 Å². The van der Waals surface area contributed by atoms with Gasteiger partial charge >= 0.3 is 0 Å². The van der Waals surface area contributed by atoms with E-state index in [-0.39, 0.29) is 0 Å². The van der Waals surface area contributed by atoms with Gasteiger partial charge < -0.3 is 4.43 Å². The number of allylic oxidation sites excluding steroid dienone is 2. The Kier molecular flexibility index (Phi) is 4.71. The van der Waals surface area contributed by atoms with E-state index in [4.69, 9.17) is 4.43 Å². The predicted octanol–water partition coefficient (Wildman–Crippen LogP) is 4.54. The second kappa shape index (κ2) is 5.92. The van der Waals surface area contributed by atoms with Gasteiger partial charge in [-0.25, -0.2) is 0 Å². The third-order valence-electron chi connectivity index (χ3n) is 4.75. The topological polar surface area (TPSA) is 9.23 Å². The lowest BCUT2D eigenvalue weighted by molar-refractivity contribution is 0.169. The van der Waals surface area contributed by atoms with Crippen molar-refractivity contribution in [2.24, 2.45) is 17.8 Å². The van der Waals surface area contributed by atoms with Gasteiger partial charge in [0, 0.05) is 6.10 Å². The molecule has 0 radical (unpaired) electrons. The van der Waals surface area contributed by atoms with E-state index < -0.39 is 9.04 Å². The minimum absolute atomic E-state index is 0.476. The highest BCUT2D eigenvalue weighted by Gasteiger charge is 2.36. The molecule has 104 valence electrons. The summed E-state index contributed by atoms with van der Waals surface area (Å²) in [4.78, 5) is 0. The van der Waals surface area contributed by atoms with Crippen molar-refractivity contribution in [3.05, 3.63) is 12.2 Å². The van der Waals surface area contributed by atoms with Crippen LogP contribution in [0.25, 0.3) is 0 Å². The Morgan fingerprint density at radius 2 is 1.72 bits per heavy atom. The van der Waals surface area contributed by atoms with Crippen LogP contribution in [0, 0.1) is 17.8 Å². The van der Waals surface area contributed by atoms with Crippen molar-refractivity contribution in [2.45, 2.75) is 71.1 Å². The Balaban J connectivity index is 1.81. The quantitative estimate of drug-likeness (QED) is 0.507. The average Bonchev–Trinajstić information content (AvgIpc) is 2.86. The molecule has 0 aromatic rings. The molecule has 0 heterocycles. The summed E-state index contributed by atoms with van der Waals surface area (Å²) in [5.74, 6) is 2.68. The number of hydrogen-bond donors (Lipinski definition) is 0. The zero-order chi connectivity index (χ0) is 13.3. The number of fused-ring (bicyclic) bond motifs is 2. The van der Waals surface area contributed by atoms with E-state index in [0.29, 0.717) is 6.10 Å². The van der Waals surface area contributed by atoms with Gasteiger partial charge in [0.25, 0.3) is 0 Å². The standard InChI is InChI=1S/C16H30OSi/c1-11(2)18(12(3)4)17-13(5)8-16-10-14-6-7-15(16)9-14/h6-7,11-16,18H,8-10H2,1-5H3. The van der Waals surface area contributed by atoms with Gasteiger partial charge in [-0.2, -0.15) is 0 Å². The predicted molar refractivity (Wildman–Crippen MR) is 81.4 cm³/mol. The second-order valence-electron chi connectivity index (χ2n) is 7.18. The molecule has 1 saturated carbocycles. The number of hydrogen-bond acceptors (Lipinski definition) is 1. The summed E-state index contributed by atoms with van der Waals surface area (Å²) in [6.07, 6.45) is 9.51. The molecule has 0 aromatic carbocycles. The Morgan fingerprint density at radius 1 is 1.06 bits per heavy atom. The highest BCUT2D eigenvalue weighted by Crippen LogP contribution is 2.45. The van der Waals surface area contributed by atoms with Crippen LogP contribution in [0.3, 0.4) is 0 Å². The molecule has 4 atom stereocenters. The van der Waals surface area contributed by atoms with E-state index >= 15 is 0 Å². The molecule has 1 nitrogen and oxygen atoms in total. The average molecular weight is 267 g/mol. The molecule has 0 amide bonds. The molecule has 18 heavy (non-hydrogen) atoms. The third-order valence-corrected chi connectivity index (χ3v) is 8.16. The molecule has 0 spiro atoms. The third kappa shape index (κ3) is 3.27. The van der Waals surface area contributed by atoms with E-state index in [1.54, 1.807) is 0 Å². The Hall–Kier alpha value is -0.0831. The van der Waals surface area contributed by atoms with Crippen LogP contribution >= 0.6 is 0 Å². The summed E-state index contributed by atoms with van der Waals surface area (Å²) in [7, 11) is -1.03. The van der Waals surface area contributed by atoms with Gasteiger partial charge in [-0.15, -0.1) is 0 Å². The van der Waals surface area contributed by atoms with Crippen molar-refractivity contribution in [2.75, 3.05) is 0 Å². The molecule has 0 aliphatic heterocycles. The Labute approximate surface area is 115 Å². The first kappa shape index (κ1) is 14.3. The van der Waals surface area contributed by atoms with Crippen LogP contribution in [0.15, 0.2) is 12.2 Å². The maximum absolute atomic E-state index is 6.46. The molecule has 2 rings (SSSR count). The molecule has 2 aliphatic carbocycles. The van der Waals surface area contributed by atoms with Gasteiger partial charge in [0.2, 0.25) is 0 Å². The first-order valence-electron chi connectivity index (χ1n) is 7.81. The normalized spacial score (nSPS) is 32.1. The van der Waals surface area contributed by atoms with Crippen LogP contribution in [-0.4, -0.2) is 15.1 Å². The molecule has 0 N–H and O–H groups in total. The molecular formula is C16H30OSi. The molecule has 0 saturated heterocycles. The second-order valence-corrected chi connectivity index (χ2v) is 11.0. The Morgan fingerprint density at radius 3 is 2.17 bits per heavy atom. The Bertz CT molecular complexity index is 289. The van der Waals surface area contributed by atoms with Gasteiger partial charge in [-0.3, -0.25) is 0 Å². The van der Waals surface area contributed by atoms with Crippen molar-refractivity contribution in [3.8, 4) is 0 Å². The fraction of sp³-hybridized carbons (Fsp3) is 0.875. The number of rotatable bonds is 6. The maximum Gasteiger partial charge on any atom is 0.182 e. The smallest absolute Gasteiger partial charge is 0.182 e. The van der Waals surface area contributed by atoms with Crippen molar-refractivity contribution < 1.29 is 4.43 Å². The van der Waals surface area contributed by atoms with Crippen LogP contribution in [0.4, 0.5) is 0 Å². The first-order chi connectivity index (χ1) is 8.47. The van der Waals surface area contributed by atoms with Crippen LogP contribution in [0.2, 0.25) is 11.1 Å². The lowest BCUT2D eigenvalue weighted by Gasteiger charge is -2.30. The van der Waals surface area contributed by atoms with Crippen LogP contribution in [-0.2, 0) is 4.43 Å². The van der Waals surface area contributed by atoms with Crippen LogP contribution < -0.4 is 0 Å². The van der Waals surface area contributed by atoms with Gasteiger partial charge in [-0.1, -0.05) is 39.8 Å². The fourth-order valence-electron chi connectivity index (χ4n) is 4.00. The molecule has 2 bridgehead atoms. The molecule has 2 heteroatoms. The molecule has 4 unspecified atom stereocenters. The summed E-state index contributed by atoms with van der Waals surface area (Å²) in [5.41, 5.74) is 1.51. The van der Waals surface area contributed by atoms with Gasteiger partial charge in [-0.05, 0) is 55.0 Å². The lowest BCUT2D eigenvalue weighted by atomic mass is 9.89. The van der Waals surface area contributed by atoms with Crippen molar-refractivity contribution in [1.82, 2.24) is 0 Å². The highest BCUT2D eigenvalue weighted by molar-refractivity contribution is 6.55. The van der Waals surface area contributed by atoms with E-state index in [2.05, 4.69) is 46.8 Å². The minimum atomic E-state index is -1.03. The summed E-state index contributed by atoms with van der Waals surface area (Å²) in [6, 6.07) is 0. The van der Waals surface area contributed by atoms with Crippen LogP contribution in [0.1, 0.15) is 53.9 Å². The van der Waals surface area contributed by atoms with E-state index in [1.165, 1.54) is 19.3 Å². The maximum atomic E-state index is 6.46. The highest BCUT2D eigenvalue weighted by atomic mass is 28.3. The molecule has 0 aromatic heterocycles. The lowest BCUT2D eigenvalue weighted by Crippen LogP contribution is -2.31. The summed E-state index contributed by atoms with van der Waals surface area (Å²) < 4.78 is 6.46. The fourth-order valence-corrected chi connectivity index (χ4v) is 6.82. The molecular weight excluding hydrogens is 236 g/mol.